The molecule has 0 aromatic heterocycles. The van der Waals surface area contributed by atoms with Crippen molar-refractivity contribution in [2.45, 2.75) is 38.1 Å². The molecule has 0 saturated heterocycles. The van der Waals surface area contributed by atoms with Gasteiger partial charge in [0.1, 0.15) is 0 Å². The largest absolute Gasteiger partial charge is 0.340 e. The third-order valence-corrected chi connectivity index (χ3v) is 4.95. The van der Waals surface area contributed by atoms with Crippen LogP contribution in [0.1, 0.15) is 32.1 Å². The van der Waals surface area contributed by atoms with E-state index in [1.807, 2.05) is 0 Å². The van der Waals surface area contributed by atoms with Crippen LogP contribution in [-0.2, 0) is 0 Å². The molecule has 4 nitrogen and oxygen atoms in total. The van der Waals surface area contributed by atoms with Gasteiger partial charge in [-0.05, 0) is 55.8 Å². The molecule has 16 heavy (non-hydrogen) atoms. The lowest BCUT2D eigenvalue weighted by Gasteiger charge is -2.56. The maximum atomic E-state index is 11.6. The van der Waals surface area contributed by atoms with Gasteiger partial charge >= 0.3 is 6.03 Å². The molecule has 0 atom stereocenters. The number of carbonyl (C=O) groups excluding carboxylic acids is 1. The molecule has 4 rings (SSSR count). The number of carbonyl (C=O) groups is 1. The molecular formula is C12H21N3O. The van der Waals surface area contributed by atoms with Crippen molar-refractivity contribution < 1.29 is 4.79 Å². The molecule has 4 fully saturated rings. The SMILES string of the molecule is CNC(=O)N(N)C1C2CC3CC(C2)CC1C3. The van der Waals surface area contributed by atoms with Gasteiger partial charge in [0, 0.05) is 7.05 Å². The van der Waals surface area contributed by atoms with Crippen LogP contribution in [0.25, 0.3) is 0 Å². The number of nitrogens with one attached hydrogen (secondary N) is 1. The maximum Gasteiger partial charge on any atom is 0.331 e. The van der Waals surface area contributed by atoms with Crippen molar-refractivity contribution in [3.8, 4) is 0 Å². The molecule has 2 amide bonds. The molecule has 0 aliphatic heterocycles. The fourth-order valence-corrected chi connectivity index (χ4v) is 4.62. The van der Waals surface area contributed by atoms with Gasteiger partial charge in [-0.3, -0.25) is 5.01 Å². The second-order valence-corrected chi connectivity index (χ2v) is 5.88. The van der Waals surface area contributed by atoms with E-state index in [1.54, 1.807) is 7.05 Å². The predicted molar refractivity (Wildman–Crippen MR) is 61.3 cm³/mol. The first-order valence-electron chi connectivity index (χ1n) is 6.44. The van der Waals surface area contributed by atoms with E-state index in [2.05, 4.69) is 5.32 Å². The van der Waals surface area contributed by atoms with Gasteiger partial charge in [0.25, 0.3) is 0 Å². The number of hydrogen-bond donors (Lipinski definition) is 2. The minimum atomic E-state index is -0.127. The van der Waals surface area contributed by atoms with Crippen LogP contribution < -0.4 is 11.2 Å². The minimum Gasteiger partial charge on any atom is -0.340 e. The van der Waals surface area contributed by atoms with Gasteiger partial charge < -0.3 is 5.32 Å². The van der Waals surface area contributed by atoms with Gasteiger partial charge in [-0.15, -0.1) is 0 Å². The topological polar surface area (TPSA) is 58.4 Å². The number of nitrogens with two attached hydrogens (primary N) is 1. The van der Waals surface area contributed by atoms with Crippen LogP contribution in [0.3, 0.4) is 0 Å². The highest BCUT2D eigenvalue weighted by Crippen LogP contribution is 2.54. The Kier molecular flexibility index (Phi) is 2.35. The Morgan fingerprint density at radius 2 is 1.62 bits per heavy atom. The third-order valence-electron chi connectivity index (χ3n) is 4.95. The number of nitrogens with zero attached hydrogens (tertiary/aromatic N) is 1. The van der Waals surface area contributed by atoms with Crippen LogP contribution >= 0.6 is 0 Å². The second-order valence-electron chi connectivity index (χ2n) is 5.88. The molecule has 3 N–H and O–H groups in total. The Balaban J connectivity index is 1.78. The maximum absolute atomic E-state index is 11.6. The first-order chi connectivity index (χ1) is 7.69. The zero-order valence-electron chi connectivity index (χ0n) is 9.86. The van der Waals surface area contributed by atoms with Gasteiger partial charge in [0.15, 0.2) is 0 Å². The summed E-state index contributed by atoms with van der Waals surface area (Å²) in [5.41, 5.74) is 0. The van der Waals surface area contributed by atoms with E-state index < -0.39 is 0 Å². The molecule has 0 spiro atoms. The first-order valence-corrected chi connectivity index (χ1v) is 6.44. The average Bonchev–Trinajstić information content (AvgIpc) is 2.26. The molecule has 4 bridgehead atoms. The van der Waals surface area contributed by atoms with Crippen molar-refractivity contribution in [1.82, 2.24) is 10.3 Å². The lowest BCUT2D eigenvalue weighted by Crippen LogP contribution is -2.61. The van der Waals surface area contributed by atoms with E-state index >= 15 is 0 Å². The number of amides is 2. The van der Waals surface area contributed by atoms with Crippen LogP contribution in [0.15, 0.2) is 0 Å². The van der Waals surface area contributed by atoms with Crippen LogP contribution in [0.4, 0.5) is 4.79 Å². The molecule has 90 valence electrons. The third kappa shape index (κ3) is 1.43. The van der Waals surface area contributed by atoms with Gasteiger partial charge in [0.05, 0.1) is 6.04 Å². The van der Waals surface area contributed by atoms with Gasteiger partial charge in [-0.2, -0.15) is 0 Å². The van der Waals surface area contributed by atoms with Crippen molar-refractivity contribution in [2.24, 2.45) is 29.5 Å². The van der Waals surface area contributed by atoms with Gasteiger partial charge in [-0.25, -0.2) is 10.6 Å². The van der Waals surface area contributed by atoms with E-state index in [0.717, 1.165) is 11.8 Å². The number of hydrazine groups is 1. The lowest BCUT2D eigenvalue weighted by atomic mass is 9.54. The Labute approximate surface area is 96.5 Å². The molecule has 0 heterocycles. The summed E-state index contributed by atoms with van der Waals surface area (Å²) in [6, 6.07) is 0.172. The fraction of sp³-hybridized carbons (Fsp3) is 0.917. The second kappa shape index (κ2) is 3.62. The average molecular weight is 223 g/mol. The van der Waals surface area contributed by atoms with Crippen molar-refractivity contribution in [2.75, 3.05) is 7.05 Å². The molecule has 0 aromatic rings. The first kappa shape index (κ1) is 10.4. The zero-order valence-corrected chi connectivity index (χ0v) is 9.86. The Bertz CT molecular complexity index is 277. The van der Waals surface area contributed by atoms with Crippen molar-refractivity contribution in [1.29, 1.82) is 0 Å². The number of urea groups is 1. The lowest BCUT2D eigenvalue weighted by molar-refractivity contribution is -0.0514. The van der Waals surface area contributed by atoms with Crippen LogP contribution in [0.5, 0.6) is 0 Å². The van der Waals surface area contributed by atoms with Crippen molar-refractivity contribution in [3.63, 3.8) is 0 Å². The molecule has 4 heteroatoms. The van der Waals surface area contributed by atoms with Crippen molar-refractivity contribution in [3.05, 3.63) is 0 Å². The van der Waals surface area contributed by atoms with E-state index in [0.29, 0.717) is 17.9 Å². The monoisotopic (exact) mass is 223 g/mol. The molecule has 4 aliphatic carbocycles. The molecule has 0 aromatic carbocycles. The highest BCUT2D eigenvalue weighted by atomic mass is 16.2. The number of hydrogen-bond acceptors (Lipinski definition) is 2. The smallest absolute Gasteiger partial charge is 0.331 e. The van der Waals surface area contributed by atoms with Gasteiger partial charge in [0.2, 0.25) is 0 Å². The summed E-state index contributed by atoms with van der Waals surface area (Å²) in [7, 11) is 1.65. The summed E-state index contributed by atoms with van der Waals surface area (Å²) in [6.07, 6.45) is 6.61. The van der Waals surface area contributed by atoms with Crippen LogP contribution in [0, 0.1) is 23.7 Å². The summed E-state index contributed by atoms with van der Waals surface area (Å²) < 4.78 is 0. The van der Waals surface area contributed by atoms with Gasteiger partial charge in [-0.1, -0.05) is 0 Å². The number of rotatable bonds is 1. The van der Waals surface area contributed by atoms with E-state index in [1.165, 1.54) is 37.1 Å². The summed E-state index contributed by atoms with van der Waals surface area (Å²) in [5, 5.41) is 4.12. The Morgan fingerprint density at radius 1 is 1.12 bits per heavy atom. The fourth-order valence-electron chi connectivity index (χ4n) is 4.62. The molecule has 4 aliphatic rings. The summed E-state index contributed by atoms with van der Waals surface area (Å²) in [6.45, 7) is 0. The summed E-state index contributed by atoms with van der Waals surface area (Å²) >= 11 is 0. The summed E-state index contributed by atoms with van der Waals surface area (Å²) in [4.78, 5) is 11.6. The highest BCUT2D eigenvalue weighted by Gasteiger charge is 2.50. The van der Waals surface area contributed by atoms with Crippen LogP contribution in [-0.4, -0.2) is 24.1 Å². The highest BCUT2D eigenvalue weighted by molar-refractivity contribution is 5.73. The molecule has 0 unspecified atom stereocenters. The normalized spacial score (nSPS) is 44.5. The Hall–Kier alpha value is -0.770. The van der Waals surface area contributed by atoms with E-state index in [9.17, 15) is 4.79 Å². The predicted octanol–water partition coefficient (Wildman–Crippen LogP) is 1.33. The van der Waals surface area contributed by atoms with Crippen molar-refractivity contribution >= 4 is 6.03 Å². The zero-order chi connectivity index (χ0) is 11.3. The van der Waals surface area contributed by atoms with E-state index in [4.69, 9.17) is 5.84 Å². The van der Waals surface area contributed by atoms with E-state index in [-0.39, 0.29) is 6.03 Å². The van der Waals surface area contributed by atoms with Crippen LogP contribution in [0.2, 0.25) is 0 Å². The minimum absolute atomic E-state index is 0.127. The Morgan fingerprint density at radius 3 is 2.06 bits per heavy atom. The molecule has 0 radical (unpaired) electrons. The summed E-state index contributed by atoms with van der Waals surface area (Å²) in [5.74, 6) is 9.16. The molecular weight excluding hydrogens is 202 g/mol. The quantitative estimate of drug-likeness (QED) is 0.400. The molecule has 4 saturated carbocycles. The standard InChI is InChI=1S/C12H21N3O/c1-14-12(16)15(13)11-9-3-7-2-8(5-9)6-10(11)4-7/h7-11H,2-6,13H2,1H3,(H,14,16).